The summed E-state index contributed by atoms with van der Waals surface area (Å²) < 4.78 is 17.5. The Morgan fingerprint density at radius 2 is 1.68 bits per heavy atom. The minimum Gasteiger partial charge on any atom is -0.493 e. The predicted octanol–water partition coefficient (Wildman–Crippen LogP) is 6.97. The largest absolute Gasteiger partial charge is 0.493 e. The van der Waals surface area contributed by atoms with E-state index >= 15 is 0 Å². The molecule has 0 saturated carbocycles. The fourth-order valence-electron chi connectivity index (χ4n) is 2.96. The number of aryl methyl sites for hydroxylation is 3. The fraction of sp³-hybridized carbons (Fsp3) is 0.222. The Bertz CT molecular complexity index is 1100. The normalized spacial score (nSPS) is 11.9. The maximum atomic E-state index is 6.21. The van der Waals surface area contributed by atoms with Gasteiger partial charge in [-0.25, -0.2) is 4.99 Å². The molecule has 0 spiro atoms. The van der Waals surface area contributed by atoms with Gasteiger partial charge in [0, 0.05) is 5.57 Å². The van der Waals surface area contributed by atoms with Crippen LogP contribution in [-0.2, 0) is 6.42 Å². The minimum absolute atomic E-state index is 0.478. The average molecular weight is 416 g/mol. The first-order valence-corrected chi connectivity index (χ1v) is 10.4. The van der Waals surface area contributed by atoms with Crippen molar-refractivity contribution in [2.75, 3.05) is 7.11 Å². The van der Waals surface area contributed by atoms with Gasteiger partial charge in [0.15, 0.2) is 11.5 Å². The van der Waals surface area contributed by atoms with Gasteiger partial charge in [-0.1, -0.05) is 37.3 Å². The summed E-state index contributed by atoms with van der Waals surface area (Å²) in [6.45, 7) is 8.20. The van der Waals surface area contributed by atoms with Gasteiger partial charge in [-0.2, -0.15) is 0 Å². The third-order valence-electron chi connectivity index (χ3n) is 5.01. The van der Waals surface area contributed by atoms with Crippen molar-refractivity contribution in [1.29, 1.82) is 0 Å². The highest BCUT2D eigenvalue weighted by atomic mass is 16.5. The van der Waals surface area contributed by atoms with Crippen LogP contribution < -0.4 is 14.2 Å². The zero-order chi connectivity index (χ0) is 22.2. The molecule has 0 aliphatic heterocycles. The molecule has 4 nitrogen and oxygen atoms in total. The lowest BCUT2D eigenvalue weighted by Crippen LogP contribution is -2.11. The Morgan fingerprint density at radius 3 is 2.39 bits per heavy atom. The zero-order valence-electron chi connectivity index (χ0n) is 18.8. The number of hydrogen-bond acceptors (Lipinski definition) is 4. The number of benzene rings is 3. The highest BCUT2D eigenvalue weighted by Crippen LogP contribution is 2.27. The van der Waals surface area contributed by atoms with Gasteiger partial charge in [0.25, 0.3) is 0 Å². The van der Waals surface area contributed by atoms with E-state index in [1.165, 1.54) is 16.7 Å². The number of methoxy groups -OCH3 is 1. The molecular weight excluding hydrogens is 386 g/mol. The summed E-state index contributed by atoms with van der Waals surface area (Å²) in [5.41, 5.74) is 5.19. The molecule has 0 aromatic heterocycles. The van der Waals surface area contributed by atoms with Gasteiger partial charge in [-0.3, -0.25) is 0 Å². The maximum absolute atomic E-state index is 6.21. The fourth-order valence-corrected chi connectivity index (χ4v) is 2.96. The van der Waals surface area contributed by atoms with E-state index in [-0.39, 0.29) is 0 Å². The monoisotopic (exact) mass is 415 g/mol. The lowest BCUT2D eigenvalue weighted by Gasteiger charge is -2.12. The molecule has 0 heterocycles. The number of ether oxygens (including phenoxy) is 3. The van der Waals surface area contributed by atoms with Crippen LogP contribution in [0.4, 0.5) is 5.69 Å². The van der Waals surface area contributed by atoms with Gasteiger partial charge in [-0.15, -0.1) is 0 Å². The van der Waals surface area contributed by atoms with Crippen LogP contribution in [0, 0.1) is 13.8 Å². The summed E-state index contributed by atoms with van der Waals surface area (Å²) in [4.78, 5) is 4.78. The molecular formula is C27H29NO3. The molecule has 0 aliphatic carbocycles. The van der Waals surface area contributed by atoms with Gasteiger partial charge in [0.05, 0.1) is 19.1 Å². The molecule has 31 heavy (non-hydrogen) atoms. The highest BCUT2D eigenvalue weighted by Gasteiger charge is 2.10. The second-order valence-corrected chi connectivity index (χ2v) is 7.36. The Morgan fingerprint density at radius 1 is 0.903 bits per heavy atom. The third kappa shape index (κ3) is 5.98. The molecule has 3 aromatic carbocycles. The molecule has 3 aromatic rings. The van der Waals surface area contributed by atoms with Crippen LogP contribution in [0.1, 0.15) is 30.5 Å². The van der Waals surface area contributed by atoms with Gasteiger partial charge in [-0.05, 0) is 80.3 Å². The molecule has 160 valence electrons. The van der Waals surface area contributed by atoms with E-state index in [1.807, 2.05) is 55.5 Å². The standard InChI is InChI=1S/C27H29NO3/c1-6-22-10-9-11-24(17-22)31-27(28-23-15-14-19(2)20(3)16-23)21(4)18-30-26-13-8-7-12-25(26)29-5/h7-18H,6H2,1-5H3/b21-18+,28-27+. The van der Waals surface area contributed by atoms with Gasteiger partial charge < -0.3 is 14.2 Å². The quantitative estimate of drug-likeness (QED) is 0.238. The number of para-hydroxylation sites is 2. The number of rotatable bonds is 7. The molecule has 0 aliphatic rings. The van der Waals surface area contributed by atoms with E-state index in [9.17, 15) is 0 Å². The van der Waals surface area contributed by atoms with E-state index in [0.717, 1.165) is 23.4 Å². The van der Waals surface area contributed by atoms with E-state index in [2.05, 4.69) is 39.0 Å². The van der Waals surface area contributed by atoms with Crippen molar-refractivity contribution in [1.82, 2.24) is 0 Å². The summed E-state index contributed by atoms with van der Waals surface area (Å²) >= 11 is 0. The van der Waals surface area contributed by atoms with E-state index in [0.29, 0.717) is 17.4 Å². The van der Waals surface area contributed by atoms with Crippen molar-refractivity contribution in [2.24, 2.45) is 4.99 Å². The van der Waals surface area contributed by atoms with Crippen LogP contribution in [0.15, 0.2) is 83.6 Å². The van der Waals surface area contributed by atoms with E-state index in [4.69, 9.17) is 19.2 Å². The first kappa shape index (κ1) is 22.2. The Labute approximate surface area is 184 Å². The minimum atomic E-state index is 0.478. The Kier molecular flexibility index (Phi) is 7.50. The van der Waals surface area contributed by atoms with Crippen molar-refractivity contribution >= 4 is 11.6 Å². The summed E-state index contributed by atoms with van der Waals surface area (Å²) in [5.74, 6) is 2.51. The van der Waals surface area contributed by atoms with E-state index in [1.54, 1.807) is 13.4 Å². The summed E-state index contributed by atoms with van der Waals surface area (Å²) in [5, 5.41) is 0. The SMILES string of the molecule is CCc1cccc(OC(=N/c2ccc(C)c(C)c2)/C(C)=C/Oc2ccccc2OC)c1. The Balaban J connectivity index is 1.95. The number of hydrogen-bond donors (Lipinski definition) is 0. The summed E-state index contributed by atoms with van der Waals surface area (Å²) in [6, 6.07) is 21.7. The van der Waals surface area contributed by atoms with Crippen LogP contribution >= 0.6 is 0 Å². The van der Waals surface area contributed by atoms with Crippen molar-refractivity contribution in [3.63, 3.8) is 0 Å². The number of nitrogens with zero attached hydrogens (tertiary/aromatic N) is 1. The molecule has 0 radical (unpaired) electrons. The van der Waals surface area contributed by atoms with Gasteiger partial charge >= 0.3 is 0 Å². The van der Waals surface area contributed by atoms with Crippen molar-refractivity contribution in [3.05, 3.63) is 95.3 Å². The summed E-state index contributed by atoms with van der Waals surface area (Å²) in [6.07, 6.45) is 2.58. The Hall–Kier alpha value is -3.53. The van der Waals surface area contributed by atoms with Crippen LogP contribution in [0.3, 0.4) is 0 Å². The molecule has 0 unspecified atom stereocenters. The van der Waals surface area contributed by atoms with Gasteiger partial charge in [0.1, 0.15) is 5.75 Å². The molecule has 4 heteroatoms. The number of aliphatic imine (C=N–C) groups is 1. The van der Waals surface area contributed by atoms with Crippen LogP contribution in [-0.4, -0.2) is 13.0 Å². The molecule has 3 rings (SSSR count). The van der Waals surface area contributed by atoms with Crippen molar-refractivity contribution in [3.8, 4) is 17.2 Å². The summed E-state index contributed by atoms with van der Waals surface area (Å²) in [7, 11) is 1.62. The zero-order valence-corrected chi connectivity index (χ0v) is 18.8. The second-order valence-electron chi connectivity index (χ2n) is 7.36. The molecule has 0 bridgehead atoms. The molecule has 0 saturated heterocycles. The molecule has 0 amide bonds. The van der Waals surface area contributed by atoms with Crippen LogP contribution in [0.25, 0.3) is 0 Å². The molecule has 0 N–H and O–H groups in total. The second kappa shape index (κ2) is 10.5. The highest BCUT2D eigenvalue weighted by molar-refractivity contribution is 5.96. The predicted molar refractivity (Wildman–Crippen MR) is 127 cm³/mol. The molecule has 0 atom stereocenters. The first-order chi connectivity index (χ1) is 15.0. The van der Waals surface area contributed by atoms with Gasteiger partial charge in [0.2, 0.25) is 5.90 Å². The average Bonchev–Trinajstić information content (AvgIpc) is 2.79. The third-order valence-corrected chi connectivity index (χ3v) is 5.01. The maximum Gasteiger partial charge on any atom is 0.225 e. The van der Waals surface area contributed by atoms with Crippen LogP contribution in [0.5, 0.6) is 17.2 Å². The van der Waals surface area contributed by atoms with Crippen molar-refractivity contribution < 1.29 is 14.2 Å². The molecule has 0 fully saturated rings. The lowest BCUT2D eigenvalue weighted by molar-refractivity contribution is 0.377. The first-order valence-electron chi connectivity index (χ1n) is 10.4. The van der Waals surface area contributed by atoms with Crippen molar-refractivity contribution in [2.45, 2.75) is 34.1 Å². The lowest BCUT2D eigenvalue weighted by atomic mass is 10.1. The van der Waals surface area contributed by atoms with Crippen LogP contribution in [0.2, 0.25) is 0 Å². The smallest absolute Gasteiger partial charge is 0.225 e. The topological polar surface area (TPSA) is 40.0 Å². The van der Waals surface area contributed by atoms with E-state index < -0.39 is 0 Å².